The molecule has 0 spiro atoms. The van der Waals surface area contributed by atoms with Crippen molar-refractivity contribution in [3.8, 4) is 0 Å². The standard InChI is InChI=1S/C11H20NO2/c1-14-11(13)10(8-12)9-6-4-2-3-5-7-9/h9-10,12H,2-8H2,1H3. The maximum absolute atomic E-state index is 11.4. The Balaban J connectivity index is 2.52. The Morgan fingerprint density at radius 2 is 1.93 bits per heavy atom. The molecule has 3 nitrogen and oxygen atoms in total. The Bertz CT molecular complexity index is 174. The second-order valence-corrected chi connectivity index (χ2v) is 4.09. The third-order valence-electron chi connectivity index (χ3n) is 3.19. The summed E-state index contributed by atoms with van der Waals surface area (Å²) in [4.78, 5) is 11.4. The van der Waals surface area contributed by atoms with Crippen molar-refractivity contribution in [1.82, 2.24) is 5.73 Å². The van der Waals surface area contributed by atoms with Gasteiger partial charge >= 0.3 is 5.97 Å². The van der Waals surface area contributed by atoms with Crippen LogP contribution in [-0.4, -0.2) is 19.6 Å². The van der Waals surface area contributed by atoms with Gasteiger partial charge in [0.15, 0.2) is 0 Å². The second kappa shape index (κ2) is 6.02. The Morgan fingerprint density at radius 1 is 1.36 bits per heavy atom. The van der Waals surface area contributed by atoms with Crippen LogP contribution in [0.2, 0.25) is 0 Å². The van der Waals surface area contributed by atoms with Gasteiger partial charge in [0.1, 0.15) is 0 Å². The normalized spacial score (nSPS) is 21.3. The summed E-state index contributed by atoms with van der Waals surface area (Å²) >= 11 is 0. The molecule has 1 aliphatic rings. The number of hydrogen-bond acceptors (Lipinski definition) is 2. The molecule has 1 radical (unpaired) electrons. The molecule has 0 aliphatic heterocycles. The van der Waals surface area contributed by atoms with Gasteiger partial charge in [0, 0.05) is 6.54 Å². The van der Waals surface area contributed by atoms with Gasteiger partial charge in [-0.3, -0.25) is 10.5 Å². The van der Waals surface area contributed by atoms with Crippen LogP contribution >= 0.6 is 0 Å². The molecule has 0 aromatic heterocycles. The quantitative estimate of drug-likeness (QED) is 0.514. The Hall–Kier alpha value is -0.570. The number of methoxy groups -OCH3 is 1. The zero-order chi connectivity index (χ0) is 10.4. The lowest BCUT2D eigenvalue weighted by Gasteiger charge is -2.21. The van der Waals surface area contributed by atoms with Crippen LogP contribution in [0.3, 0.4) is 0 Å². The summed E-state index contributed by atoms with van der Waals surface area (Å²) < 4.78 is 4.74. The van der Waals surface area contributed by atoms with E-state index in [1.807, 2.05) is 0 Å². The predicted octanol–water partition coefficient (Wildman–Crippen LogP) is 2.03. The fourth-order valence-corrected chi connectivity index (χ4v) is 2.31. The van der Waals surface area contributed by atoms with Gasteiger partial charge in [0.25, 0.3) is 0 Å². The largest absolute Gasteiger partial charge is 0.469 e. The van der Waals surface area contributed by atoms with Crippen molar-refractivity contribution in [1.29, 1.82) is 0 Å². The highest BCUT2D eigenvalue weighted by Gasteiger charge is 2.28. The molecule has 0 saturated heterocycles. The molecule has 1 unspecified atom stereocenters. The van der Waals surface area contributed by atoms with E-state index in [2.05, 4.69) is 0 Å². The van der Waals surface area contributed by atoms with Crippen LogP contribution in [0.15, 0.2) is 0 Å². The first-order chi connectivity index (χ1) is 6.79. The summed E-state index contributed by atoms with van der Waals surface area (Å²) in [6.07, 6.45) is 7.17. The fourth-order valence-electron chi connectivity index (χ4n) is 2.31. The first kappa shape index (κ1) is 11.5. The van der Waals surface area contributed by atoms with Gasteiger partial charge in [-0.1, -0.05) is 25.7 Å². The van der Waals surface area contributed by atoms with Gasteiger partial charge in [0.2, 0.25) is 0 Å². The second-order valence-electron chi connectivity index (χ2n) is 4.09. The molecule has 0 bridgehead atoms. The summed E-state index contributed by atoms with van der Waals surface area (Å²) in [6, 6.07) is 0. The maximum Gasteiger partial charge on any atom is 0.310 e. The molecular weight excluding hydrogens is 178 g/mol. The molecule has 1 saturated carbocycles. The minimum absolute atomic E-state index is 0.178. The number of hydrogen-bond donors (Lipinski definition) is 0. The number of carbonyl (C=O) groups excluding carboxylic acids is 1. The summed E-state index contributed by atoms with van der Waals surface area (Å²) in [5.74, 6) is 0.0208. The van der Waals surface area contributed by atoms with Gasteiger partial charge in [0.05, 0.1) is 13.0 Å². The van der Waals surface area contributed by atoms with Crippen LogP contribution < -0.4 is 5.73 Å². The molecule has 0 heterocycles. The van der Waals surface area contributed by atoms with E-state index in [-0.39, 0.29) is 18.4 Å². The third-order valence-corrected chi connectivity index (χ3v) is 3.19. The molecule has 1 fully saturated rings. The molecule has 3 heteroatoms. The van der Waals surface area contributed by atoms with E-state index in [0.717, 1.165) is 12.8 Å². The number of nitrogens with one attached hydrogen (secondary N) is 1. The molecule has 1 rings (SSSR count). The van der Waals surface area contributed by atoms with E-state index >= 15 is 0 Å². The monoisotopic (exact) mass is 198 g/mol. The highest BCUT2D eigenvalue weighted by atomic mass is 16.5. The zero-order valence-electron chi connectivity index (χ0n) is 8.92. The van der Waals surface area contributed by atoms with Crippen molar-refractivity contribution < 1.29 is 9.53 Å². The number of carbonyl (C=O) groups is 1. The SMILES string of the molecule is COC(=O)C(C[NH])C1CCCCCC1. The molecule has 0 aromatic rings. The lowest BCUT2D eigenvalue weighted by molar-refractivity contribution is -0.147. The van der Waals surface area contributed by atoms with Gasteiger partial charge in [-0.05, 0) is 18.8 Å². The lowest BCUT2D eigenvalue weighted by Crippen LogP contribution is -2.28. The highest BCUT2D eigenvalue weighted by Crippen LogP contribution is 2.29. The van der Waals surface area contributed by atoms with Gasteiger partial charge in [-0.25, -0.2) is 0 Å². The smallest absolute Gasteiger partial charge is 0.310 e. The van der Waals surface area contributed by atoms with Crippen LogP contribution in [0.4, 0.5) is 0 Å². The molecule has 81 valence electrons. The van der Waals surface area contributed by atoms with E-state index in [9.17, 15) is 4.79 Å². The van der Waals surface area contributed by atoms with Crippen LogP contribution in [0.1, 0.15) is 38.5 Å². The Labute approximate surface area is 86.0 Å². The summed E-state index contributed by atoms with van der Waals surface area (Å²) in [6.45, 7) is 0.178. The highest BCUT2D eigenvalue weighted by molar-refractivity contribution is 5.72. The van der Waals surface area contributed by atoms with Crippen molar-refractivity contribution in [2.75, 3.05) is 13.7 Å². The first-order valence-corrected chi connectivity index (χ1v) is 5.52. The van der Waals surface area contributed by atoms with Crippen molar-refractivity contribution in [3.63, 3.8) is 0 Å². The van der Waals surface area contributed by atoms with Crippen molar-refractivity contribution in [3.05, 3.63) is 0 Å². The Kier molecular flexibility index (Phi) is 4.94. The zero-order valence-corrected chi connectivity index (χ0v) is 8.92. The summed E-state index contributed by atoms with van der Waals surface area (Å²) in [5.41, 5.74) is 7.40. The minimum Gasteiger partial charge on any atom is -0.469 e. The van der Waals surface area contributed by atoms with Crippen molar-refractivity contribution in [2.24, 2.45) is 11.8 Å². The first-order valence-electron chi connectivity index (χ1n) is 5.52. The molecule has 1 aliphatic carbocycles. The minimum atomic E-state index is -0.188. The topological polar surface area (TPSA) is 50.1 Å². The number of ether oxygens (including phenoxy) is 1. The van der Waals surface area contributed by atoms with Gasteiger partial charge in [-0.2, -0.15) is 0 Å². The van der Waals surface area contributed by atoms with Crippen LogP contribution in [0, 0.1) is 11.8 Å². The van der Waals surface area contributed by atoms with Crippen molar-refractivity contribution >= 4 is 5.97 Å². The molecule has 0 amide bonds. The summed E-state index contributed by atoms with van der Waals surface area (Å²) in [7, 11) is 1.42. The van der Waals surface area contributed by atoms with Crippen LogP contribution in [-0.2, 0) is 9.53 Å². The average Bonchev–Trinajstić information content (AvgIpc) is 2.47. The van der Waals surface area contributed by atoms with E-state index in [1.54, 1.807) is 0 Å². The van der Waals surface area contributed by atoms with Gasteiger partial charge in [-0.15, -0.1) is 0 Å². The maximum atomic E-state index is 11.4. The Morgan fingerprint density at radius 3 is 2.36 bits per heavy atom. The molecule has 1 N–H and O–H groups in total. The summed E-state index contributed by atoms with van der Waals surface area (Å²) in [5, 5.41) is 0. The molecule has 0 aromatic carbocycles. The van der Waals surface area contributed by atoms with Gasteiger partial charge < -0.3 is 4.74 Å². The van der Waals surface area contributed by atoms with E-state index < -0.39 is 0 Å². The third kappa shape index (κ3) is 2.98. The van der Waals surface area contributed by atoms with E-state index in [4.69, 9.17) is 10.5 Å². The molecular formula is C11H20NO2. The van der Waals surface area contributed by atoms with Crippen LogP contribution in [0.25, 0.3) is 0 Å². The molecule has 1 atom stereocenters. The van der Waals surface area contributed by atoms with E-state index in [0.29, 0.717) is 5.92 Å². The fraction of sp³-hybridized carbons (Fsp3) is 0.909. The average molecular weight is 198 g/mol. The predicted molar refractivity (Wildman–Crippen MR) is 54.7 cm³/mol. The van der Waals surface area contributed by atoms with Crippen LogP contribution in [0.5, 0.6) is 0 Å². The number of esters is 1. The van der Waals surface area contributed by atoms with Crippen molar-refractivity contribution in [2.45, 2.75) is 38.5 Å². The van der Waals surface area contributed by atoms with E-state index in [1.165, 1.54) is 32.8 Å². The number of rotatable bonds is 3. The lowest BCUT2D eigenvalue weighted by atomic mass is 9.86. The molecule has 14 heavy (non-hydrogen) atoms.